The van der Waals surface area contributed by atoms with Gasteiger partial charge in [-0.3, -0.25) is 9.80 Å². The summed E-state index contributed by atoms with van der Waals surface area (Å²) in [5.41, 5.74) is 3.51. The van der Waals surface area contributed by atoms with Gasteiger partial charge in [0.2, 0.25) is 0 Å². The molecule has 0 saturated carbocycles. The van der Waals surface area contributed by atoms with E-state index in [0.29, 0.717) is 5.75 Å². The Morgan fingerprint density at radius 2 is 1.17 bits per heavy atom. The average molecular weight is 382 g/mol. The number of rotatable bonds is 4. The summed E-state index contributed by atoms with van der Waals surface area (Å²) in [6.45, 7) is 8.66. The molecule has 0 atom stereocenters. The lowest BCUT2D eigenvalue weighted by Crippen LogP contribution is -3.00. The molecule has 0 radical (unpaired) electrons. The highest BCUT2D eigenvalue weighted by Crippen LogP contribution is 2.28. The van der Waals surface area contributed by atoms with Crippen LogP contribution in [0.3, 0.4) is 0 Å². The number of hydrogen-bond acceptors (Lipinski definition) is 3. The van der Waals surface area contributed by atoms with E-state index in [9.17, 15) is 5.11 Å². The first-order valence-electron chi connectivity index (χ1n) is 8.98. The Morgan fingerprint density at radius 3 is 1.57 bits per heavy atom. The van der Waals surface area contributed by atoms with Crippen LogP contribution in [-0.2, 0) is 13.1 Å². The van der Waals surface area contributed by atoms with Crippen molar-refractivity contribution in [2.24, 2.45) is 0 Å². The fourth-order valence-corrected chi connectivity index (χ4v) is 3.89. The molecule has 1 N–H and O–H groups in total. The first-order valence-corrected chi connectivity index (χ1v) is 8.98. The normalized spacial score (nSPS) is 20.2. The third kappa shape index (κ3) is 5.20. The van der Waals surface area contributed by atoms with Crippen molar-refractivity contribution in [1.29, 1.82) is 0 Å². The van der Waals surface area contributed by atoms with Crippen LogP contribution in [0.4, 0.5) is 0 Å². The average Bonchev–Trinajstić information content (AvgIpc) is 2.54. The molecule has 0 spiro atoms. The molecular weight excluding hydrogens is 352 g/mol. The highest BCUT2D eigenvalue weighted by atomic mass is 79.9. The van der Waals surface area contributed by atoms with Gasteiger partial charge in [-0.05, 0) is 58.8 Å². The second-order valence-corrected chi connectivity index (χ2v) is 7.11. The lowest BCUT2D eigenvalue weighted by molar-refractivity contribution is -0.00000561. The molecule has 0 aromatic heterocycles. The van der Waals surface area contributed by atoms with Crippen molar-refractivity contribution in [3.05, 3.63) is 28.8 Å². The third-order valence-electron chi connectivity index (χ3n) is 5.10. The first kappa shape index (κ1) is 18.8. The Hall–Kier alpha value is -0.580. The molecule has 0 unspecified atom stereocenters. The summed E-state index contributed by atoms with van der Waals surface area (Å²) in [6.07, 6.45) is 7.91. The molecule has 1 aromatic rings. The zero-order valence-electron chi connectivity index (χ0n) is 14.4. The second-order valence-electron chi connectivity index (χ2n) is 7.11. The molecule has 2 saturated heterocycles. The number of aromatic hydroxyl groups is 1. The van der Waals surface area contributed by atoms with Crippen molar-refractivity contribution in [3.63, 3.8) is 0 Å². The van der Waals surface area contributed by atoms with Gasteiger partial charge >= 0.3 is 0 Å². The summed E-state index contributed by atoms with van der Waals surface area (Å²) < 4.78 is 0. The summed E-state index contributed by atoms with van der Waals surface area (Å²) in [5, 5.41) is 10.7. The van der Waals surface area contributed by atoms with E-state index in [1.807, 2.05) is 0 Å². The van der Waals surface area contributed by atoms with Crippen LogP contribution in [0, 0.1) is 6.92 Å². The van der Waals surface area contributed by atoms with E-state index in [2.05, 4.69) is 28.9 Å². The van der Waals surface area contributed by atoms with Crippen molar-refractivity contribution in [2.45, 2.75) is 58.5 Å². The minimum atomic E-state index is 0. The maximum absolute atomic E-state index is 10.7. The van der Waals surface area contributed by atoms with Gasteiger partial charge < -0.3 is 22.1 Å². The molecule has 2 heterocycles. The van der Waals surface area contributed by atoms with Crippen molar-refractivity contribution in [2.75, 3.05) is 26.2 Å². The van der Waals surface area contributed by atoms with Crippen molar-refractivity contribution >= 4 is 0 Å². The molecule has 0 aliphatic carbocycles. The quantitative estimate of drug-likeness (QED) is 0.830. The summed E-state index contributed by atoms with van der Waals surface area (Å²) in [6, 6.07) is 4.34. The summed E-state index contributed by atoms with van der Waals surface area (Å²) >= 11 is 0. The number of phenols is 1. The molecule has 4 heteroatoms. The van der Waals surface area contributed by atoms with Gasteiger partial charge in [0.1, 0.15) is 5.75 Å². The smallest absolute Gasteiger partial charge is 0.124 e. The number of benzene rings is 1. The van der Waals surface area contributed by atoms with Crippen LogP contribution in [0.2, 0.25) is 0 Å². The fraction of sp³-hybridized carbons (Fsp3) is 0.684. The van der Waals surface area contributed by atoms with Gasteiger partial charge in [-0.1, -0.05) is 30.5 Å². The van der Waals surface area contributed by atoms with E-state index < -0.39 is 0 Å². The second kappa shape index (κ2) is 9.05. The Balaban J connectivity index is 0.00000192. The molecule has 23 heavy (non-hydrogen) atoms. The van der Waals surface area contributed by atoms with Crippen LogP contribution in [0.1, 0.15) is 55.2 Å². The Kier molecular flexibility index (Phi) is 7.38. The van der Waals surface area contributed by atoms with Crippen LogP contribution in [0.25, 0.3) is 0 Å². The van der Waals surface area contributed by atoms with Gasteiger partial charge in [0.15, 0.2) is 0 Å². The predicted octanol–water partition coefficient (Wildman–Crippen LogP) is 0.676. The van der Waals surface area contributed by atoms with Crippen molar-refractivity contribution in [3.8, 4) is 5.75 Å². The molecule has 3 nitrogen and oxygen atoms in total. The van der Waals surface area contributed by atoms with Gasteiger partial charge in [-0.15, -0.1) is 0 Å². The monoisotopic (exact) mass is 381 g/mol. The Labute approximate surface area is 151 Å². The highest BCUT2D eigenvalue weighted by molar-refractivity contribution is 5.43. The minimum Gasteiger partial charge on any atom is -1.00 e. The number of phenolic OH excluding ortho intramolecular Hbond substituents is 1. The SMILES string of the molecule is Cc1cc(CN2CCCCC2)c(O)c(CN2CCCCC2)c1.[Br-]. The first-order chi connectivity index (χ1) is 10.7. The summed E-state index contributed by atoms with van der Waals surface area (Å²) in [7, 11) is 0. The molecular formula is C19H30BrN2O-. The lowest BCUT2D eigenvalue weighted by atomic mass is 10.0. The third-order valence-corrected chi connectivity index (χ3v) is 5.10. The standard InChI is InChI=1S/C19H30N2O.BrH/c1-16-12-17(14-20-8-4-2-5-9-20)19(22)18(13-16)15-21-10-6-3-7-11-21;/h12-13,22H,2-11,14-15H2,1H3;1H/p-1. The molecule has 0 bridgehead atoms. The molecule has 2 fully saturated rings. The van der Waals surface area contributed by atoms with Crippen LogP contribution in [0.5, 0.6) is 5.75 Å². The minimum absolute atomic E-state index is 0. The molecule has 2 aliphatic heterocycles. The van der Waals surface area contributed by atoms with Crippen LogP contribution in [0.15, 0.2) is 12.1 Å². The fourth-order valence-electron chi connectivity index (χ4n) is 3.89. The highest BCUT2D eigenvalue weighted by Gasteiger charge is 2.17. The Bertz CT molecular complexity index is 453. The summed E-state index contributed by atoms with van der Waals surface area (Å²) in [5.74, 6) is 0.543. The molecule has 1 aromatic carbocycles. The number of aryl methyl sites for hydroxylation is 1. The number of likely N-dealkylation sites (tertiary alicyclic amines) is 2. The molecule has 130 valence electrons. The van der Waals surface area contributed by atoms with E-state index in [4.69, 9.17) is 0 Å². The van der Waals surface area contributed by atoms with E-state index >= 15 is 0 Å². The van der Waals surface area contributed by atoms with Gasteiger partial charge in [0, 0.05) is 24.2 Å². The number of hydrogen-bond donors (Lipinski definition) is 1. The topological polar surface area (TPSA) is 26.7 Å². The van der Waals surface area contributed by atoms with Crippen LogP contribution < -0.4 is 17.0 Å². The molecule has 2 aliphatic rings. The van der Waals surface area contributed by atoms with Gasteiger partial charge in [0.25, 0.3) is 0 Å². The largest absolute Gasteiger partial charge is 1.00 e. The number of halogens is 1. The van der Waals surface area contributed by atoms with Crippen molar-refractivity contribution in [1.82, 2.24) is 9.80 Å². The molecule has 0 amide bonds. The van der Waals surface area contributed by atoms with E-state index in [1.54, 1.807) is 0 Å². The predicted molar refractivity (Wildman–Crippen MR) is 91.1 cm³/mol. The van der Waals surface area contributed by atoms with E-state index in [0.717, 1.165) is 24.2 Å². The van der Waals surface area contributed by atoms with Gasteiger partial charge in [-0.2, -0.15) is 0 Å². The van der Waals surface area contributed by atoms with Gasteiger partial charge in [-0.25, -0.2) is 0 Å². The maximum atomic E-state index is 10.7. The number of nitrogens with zero attached hydrogens (tertiary/aromatic N) is 2. The lowest BCUT2D eigenvalue weighted by Gasteiger charge is -2.29. The Morgan fingerprint density at radius 1 is 0.783 bits per heavy atom. The molecule has 3 rings (SSSR count). The number of piperidine rings is 2. The van der Waals surface area contributed by atoms with Crippen molar-refractivity contribution < 1.29 is 22.1 Å². The zero-order chi connectivity index (χ0) is 15.4. The van der Waals surface area contributed by atoms with Crippen LogP contribution in [-0.4, -0.2) is 41.1 Å². The van der Waals surface area contributed by atoms with E-state index in [1.165, 1.54) is 70.3 Å². The maximum Gasteiger partial charge on any atom is 0.124 e. The summed E-state index contributed by atoms with van der Waals surface area (Å²) in [4.78, 5) is 4.98. The zero-order valence-corrected chi connectivity index (χ0v) is 15.9. The van der Waals surface area contributed by atoms with Crippen LogP contribution >= 0.6 is 0 Å². The van der Waals surface area contributed by atoms with Gasteiger partial charge in [0.05, 0.1) is 0 Å². The van der Waals surface area contributed by atoms with E-state index in [-0.39, 0.29) is 17.0 Å².